The van der Waals surface area contributed by atoms with Gasteiger partial charge in [-0.3, -0.25) is 9.69 Å². The van der Waals surface area contributed by atoms with Gasteiger partial charge in [0.1, 0.15) is 0 Å². The number of aromatic amines is 1. The molecule has 2 aromatic rings. The Hall–Kier alpha value is -2.28. The topological polar surface area (TPSA) is 86.8 Å². The highest BCUT2D eigenvalue weighted by Gasteiger charge is 2.16. The molecule has 124 valence electrons. The lowest BCUT2D eigenvalue weighted by Crippen LogP contribution is -2.42. The fourth-order valence-corrected chi connectivity index (χ4v) is 2.66. The van der Waals surface area contributed by atoms with Gasteiger partial charge in [0.2, 0.25) is 5.82 Å². The van der Waals surface area contributed by atoms with Gasteiger partial charge in [0.15, 0.2) is 0 Å². The minimum absolute atomic E-state index is 0.127. The van der Waals surface area contributed by atoms with Crippen molar-refractivity contribution in [3.05, 3.63) is 29.8 Å². The Balaban J connectivity index is 2.02. The van der Waals surface area contributed by atoms with E-state index in [9.17, 15) is 4.79 Å². The molecule has 7 nitrogen and oxygen atoms in total. The van der Waals surface area contributed by atoms with Crippen molar-refractivity contribution in [3.63, 3.8) is 0 Å². The van der Waals surface area contributed by atoms with Gasteiger partial charge in [-0.25, -0.2) is 0 Å². The van der Waals surface area contributed by atoms with Crippen LogP contribution in [-0.2, 0) is 0 Å². The minimum atomic E-state index is -0.127. The predicted octanol–water partition coefficient (Wildman–Crippen LogP) is 1.72. The summed E-state index contributed by atoms with van der Waals surface area (Å²) in [5.74, 6) is 0.291. The van der Waals surface area contributed by atoms with E-state index >= 15 is 0 Å². The molecule has 1 amide bonds. The van der Waals surface area contributed by atoms with Crippen molar-refractivity contribution in [1.29, 1.82) is 0 Å². The molecular weight excluding hydrogens is 292 g/mol. The van der Waals surface area contributed by atoms with Crippen LogP contribution in [0.2, 0.25) is 0 Å². The summed E-state index contributed by atoms with van der Waals surface area (Å²) >= 11 is 0. The summed E-state index contributed by atoms with van der Waals surface area (Å²) in [6.45, 7) is 10.0. The Bertz CT molecular complexity index is 615. The van der Waals surface area contributed by atoms with Crippen LogP contribution in [0, 0.1) is 0 Å². The third kappa shape index (κ3) is 4.35. The molecule has 0 spiro atoms. The van der Waals surface area contributed by atoms with E-state index in [0.717, 1.165) is 6.54 Å². The maximum absolute atomic E-state index is 12.5. The van der Waals surface area contributed by atoms with Crippen molar-refractivity contribution in [2.75, 3.05) is 13.1 Å². The van der Waals surface area contributed by atoms with E-state index in [1.165, 1.54) is 0 Å². The quantitative estimate of drug-likeness (QED) is 0.812. The van der Waals surface area contributed by atoms with Crippen LogP contribution in [0.1, 0.15) is 38.1 Å². The van der Waals surface area contributed by atoms with E-state index < -0.39 is 0 Å². The van der Waals surface area contributed by atoms with Gasteiger partial charge in [-0.2, -0.15) is 5.21 Å². The Labute approximate surface area is 136 Å². The lowest BCUT2D eigenvalue weighted by Gasteiger charge is -2.30. The first-order valence-corrected chi connectivity index (χ1v) is 7.87. The minimum Gasteiger partial charge on any atom is -0.351 e. The largest absolute Gasteiger partial charge is 0.351 e. The number of amides is 1. The van der Waals surface area contributed by atoms with Crippen LogP contribution < -0.4 is 5.32 Å². The van der Waals surface area contributed by atoms with Crippen molar-refractivity contribution in [3.8, 4) is 11.4 Å². The highest BCUT2D eigenvalue weighted by molar-refractivity contribution is 6.00. The first-order valence-electron chi connectivity index (χ1n) is 7.87. The van der Waals surface area contributed by atoms with Gasteiger partial charge in [0.25, 0.3) is 5.91 Å². The molecule has 0 saturated carbocycles. The number of aromatic nitrogens is 4. The summed E-state index contributed by atoms with van der Waals surface area (Å²) < 4.78 is 0. The molecule has 0 aliphatic carbocycles. The second kappa shape index (κ2) is 7.82. The van der Waals surface area contributed by atoms with Gasteiger partial charge in [0, 0.05) is 30.7 Å². The van der Waals surface area contributed by atoms with Crippen molar-refractivity contribution in [1.82, 2.24) is 30.8 Å². The van der Waals surface area contributed by atoms with Crippen LogP contribution in [0.4, 0.5) is 0 Å². The summed E-state index contributed by atoms with van der Waals surface area (Å²) in [7, 11) is 0. The van der Waals surface area contributed by atoms with Crippen molar-refractivity contribution in [2.24, 2.45) is 0 Å². The molecule has 0 aliphatic rings. The molecule has 7 heteroatoms. The zero-order valence-corrected chi connectivity index (χ0v) is 14.1. The van der Waals surface area contributed by atoms with Crippen LogP contribution in [0.3, 0.4) is 0 Å². The normalized spacial score (nSPS) is 11.4. The van der Waals surface area contributed by atoms with Crippen molar-refractivity contribution in [2.45, 2.75) is 39.8 Å². The van der Waals surface area contributed by atoms with Crippen LogP contribution in [-0.4, -0.2) is 56.6 Å². The van der Waals surface area contributed by atoms with E-state index in [-0.39, 0.29) is 5.91 Å². The standard InChI is InChI=1S/C16H24N6O/c1-11(2)22(12(3)4)10-9-17-16(23)14-8-6-5-7-13(14)15-18-20-21-19-15/h5-8,11-12H,9-10H2,1-4H3,(H,17,23)(H,18,19,20,21). The third-order valence-corrected chi connectivity index (χ3v) is 3.74. The smallest absolute Gasteiger partial charge is 0.252 e. The second-order valence-electron chi connectivity index (χ2n) is 5.96. The average molecular weight is 316 g/mol. The molecular formula is C16H24N6O. The molecule has 0 radical (unpaired) electrons. The van der Waals surface area contributed by atoms with Gasteiger partial charge in [-0.15, -0.1) is 10.2 Å². The van der Waals surface area contributed by atoms with Crippen molar-refractivity contribution >= 4 is 5.91 Å². The third-order valence-electron chi connectivity index (χ3n) is 3.74. The van der Waals surface area contributed by atoms with E-state index in [1.54, 1.807) is 6.07 Å². The zero-order chi connectivity index (χ0) is 16.8. The summed E-state index contributed by atoms with van der Waals surface area (Å²) in [5.41, 5.74) is 1.22. The van der Waals surface area contributed by atoms with Crippen LogP contribution >= 0.6 is 0 Å². The number of hydrogen-bond acceptors (Lipinski definition) is 5. The molecule has 0 unspecified atom stereocenters. The summed E-state index contributed by atoms with van der Waals surface area (Å²) in [6.07, 6.45) is 0. The number of H-pyrrole nitrogens is 1. The monoisotopic (exact) mass is 316 g/mol. The highest BCUT2D eigenvalue weighted by atomic mass is 16.1. The first-order chi connectivity index (χ1) is 11.0. The van der Waals surface area contributed by atoms with Gasteiger partial charge < -0.3 is 5.32 Å². The number of rotatable bonds is 7. The fraction of sp³-hybridized carbons (Fsp3) is 0.500. The van der Waals surface area contributed by atoms with E-state index in [4.69, 9.17) is 0 Å². The van der Waals surface area contributed by atoms with Crippen LogP contribution in [0.25, 0.3) is 11.4 Å². The fourth-order valence-electron chi connectivity index (χ4n) is 2.66. The molecule has 1 aromatic carbocycles. The second-order valence-corrected chi connectivity index (χ2v) is 5.96. The zero-order valence-electron chi connectivity index (χ0n) is 14.1. The summed E-state index contributed by atoms with van der Waals surface area (Å²) in [6, 6.07) is 8.14. The number of carbonyl (C=O) groups is 1. The lowest BCUT2D eigenvalue weighted by atomic mass is 10.1. The number of benzene rings is 1. The summed E-state index contributed by atoms with van der Waals surface area (Å²) in [4.78, 5) is 14.8. The van der Waals surface area contributed by atoms with Crippen LogP contribution in [0.5, 0.6) is 0 Å². The highest BCUT2D eigenvalue weighted by Crippen LogP contribution is 2.18. The van der Waals surface area contributed by atoms with Crippen molar-refractivity contribution < 1.29 is 4.79 Å². The lowest BCUT2D eigenvalue weighted by molar-refractivity contribution is 0.0940. The van der Waals surface area contributed by atoms with Gasteiger partial charge in [-0.05, 0) is 39.0 Å². The van der Waals surface area contributed by atoms with Gasteiger partial charge >= 0.3 is 0 Å². The molecule has 0 saturated heterocycles. The van der Waals surface area contributed by atoms with Gasteiger partial charge in [-0.1, -0.05) is 18.2 Å². The van der Waals surface area contributed by atoms with Crippen LogP contribution in [0.15, 0.2) is 24.3 Å². The number of nitrogens with zero attached hydrogens (tertiary/aromatic N) is 4. The first kappa shape index (κ1) is 17.1. The SMILES string of the molecule is CC(C)N(CCNC(=O)c1ccccc1-c1nn[nH]n1)C(C)C. The maximum atomic E-state index is 12.5. The number of carbonyl (C=O) groups excluding carboxylic acids is 1. The number of nitrogens with one attached hydrogen (secondary N) is 2. The molecule has 2 N–H and O–H groups in total. The summed E-state index contributed by atoms with van der Waals surface area (Å²) in [5, 5.41) is 16.8. The number of hydrogen-bond donors (Lipinski definition) is 2. The Kier molecular flexibility index (Phi) is 5.81. The molecule has 0 bridgehead atoms. The van der Waals surface area contributed by atoms with E-state index in [0.29, 0.717) is 35.6 Å². The molecule has 2 rings (SSSR count). The van der Waals surface area contributed by atoms with E-state index in [1.807, 2.05) is 18.2 Å². The molecule has 0 aliphatic heterocycles. The molecule has 0 fully saturated rings. The maximum Gasteiger partial charge on any atom is 0.252 e. The average Bonchev–Trinajstić information content (AvgIpc) is 3.04. The van der Waals surface area contributed by atoms with E-state index in [2.05, 4.69) is 58.5 Å². The Morgan fingerprint density at radius 2 is 1.91 bits per heavy atom. The Morgan fingerprint density at radius 3 is 2.52 bits per heavy atom. The Morgan fingerprint density at radius 1 is 1.22 bits per heavy atom. The van der Waals surface area contributed by atoms with Gasteiger partial charge in [0.05, 0.1) is 5.56 Å². The number of tetrazole rings is 1. The molecule has 1 heterocycles. The molecule has 0 atom stereocenters. The molecule has 23 heavy (non-hydrogen) atoms. The predicted molar refractivity (Wildman–Crippen MR) is 88.9 cm³/mol. The molecule has 1 aromatic heterocycles.